The van der Waals surface area contributed by atoms with E-state index in [1.54, 1.807) is 18.2 Å². The molecule has 0 aliphatic carbocycles. The molecule has 1 amide bonds. The number of ether oxygens (including phenoxy) is 1. The maximum absolute atomic E-state index is 13.0. The first-order valence-electron chi connectivity index (χ1n) is 7.56. The number of hydrogen-bond acceptors (Lipinski definition) is 5. The van der Waals surface area contributed by atoms with Crippen LogP contribution in [0.3, 0.4) is 0 Å². The first kappa shape index (κ1) is 17.0. The normalized spacial score (nSPS) is 17.1. The SMILES string of the molecule is CCOc1cc(/C=C2\SC(=O)NC2=Nc2ccc(F)cc2)ccc1O. The molecule has 0 spiro atoms. The number of aromatic hydroxyl groups is 1. The molecule has 1 aliphatic rings. The lowest BCUT2D eigenvalue weighted by Gasteiger charge is -2.06. The molecule has 1 fully saturated rings. The molecular weight excluding hydrogens is 343 g/mol. The van der Waals surface area contributed by atoms with E-state index in [0.29, 0.717) is 28.8 Å². The van der Waals surface area contributed by atoms with E-state index in [1.807, 2.05) is 6.92 Å². The summed E-state index contributed by atoms with van der Waals surface area (Å²) in [7, 11) is 0. The van der Waals surface area contributed by atoms with E-state index in [4.69, 9.17) is 4.74 Å². The van der Waals surface area contributed by atoms with E-state index >= 15 is 0 Å². The summed E-state index contributed by atoms with van der Waals surface area (Å²) in [4.78, 5) is 16.7. The molecular formula is C18H15FN2O3S. The van der Waals surface area contributed by atoms with Gasteiger partial charge >= 0.3 is 0 Å². The van der Waals surface area contributed by atoms with Crippen molar-refractivity contribution in [3.8, 4) is 11.5 Å². The molecule has 1 aliphatic heterocycles. The molecule has 0 saturated carbocycles. The van der Waals surface area contributed by atoms with E-state index in [2.05, 4.69) is 10.3 Å². The number of nitrogens with zero attached hydrogens (tertiary/aromatic N) is 1. The van der Waals surface area contributed by atoms with Crippen molar-refractivity contribution in [3.05, 3.63) is 58.8 Å². The summed E-state index contributed by atoms with van der Waals surface area (Å²) in [6.45, 7) is 2.26. The Labute approximate surface area is 148 Å². The number of halogens is 1. The Balaban J connectivity index is 1.93. The highest BCUT2D eigenvalue weighted by atomic mass is 32.2. The summed E-state index contributed by atoms with van der Waals surface area (Å²) in [5.74, 6) is 0.471. The van der Waals surface area contributed by atoms with Crippen LogP contribution in [0.1, 0.15) is 12.5 Å². The molecule has 1 saturated heterocycles. The molecule has 128 valence electrons. The van der Waals surface area contributed by atoms with E-state index in [0.717, 1.165) is 17.3 Å². The summed E-state index contributed by atoms with van der Waals surface area (Å²) in [6, 6.07) is 10.6. The fraction of sp³-hybridized carbons (Fsp3) is 0.111. The predicted octanol–water partition coefficient (Wildman–Crippen LogP) is 4.46. The molecule has 5 nitrogen and oxygen atoms in total. The van der Waals surface area contributed by atoms with Gasteiger partial charge in [-0.1, -0.05) is 6.07 Å². The van der Waals surface area contributed by atoms with Gasteiger partial charge in [0.2, 0.25) is 0 Å². The molecule has 0 aromatic heterocycles. The Morgan fingerprint density at radius 3 is 2.76 bits per heavy atom. The van der Waals surface area contributed by atoms with Crippen LogP contribution in [0.4, 0.5) is 14.9 Å². The van der Waals surface area contributed by atoms with Crippen molar-refractivity contribution in [3.63, 3.8) is 0 Å². The average Bonchev–Trinajstić information content (AvgIpc) is 2.92. The number of amidine groups is 1. The fourth-order valence-electron chi connectivity index (χ4n) is 2.20. The van der Waals surface area contributed by atoms with E-state index < -0.39 is 0 Å². The van der Waals surface area contributed by atoms with Crippen LogP contribution in [0.2, 0.25) is 0 Å². The minimum Gasteiger partial charge on any atom is -0.504 e. The number of rotatable bonds is 4. The van der Waals surface area contributed by atoms with Crippen LogP contribution in [0.15, 0.2) is 52.4 Å². The molecule has 2 aromatic carbocycles. The lowest BCUT2D eigenvalue weighted by atomic mass is 10.2. The van der Waals surface area contributed by atoms with Gasteiger partial charge < -0.3 is 15.2 Å². The van der Waals surface area contributed by atoms with Gasteiger partial charge in [0.15, 0.2) is 11.5 Å². The number of phenols is 1. The average molecular weight is 358 g/mol. The molecule has 3 rings (SSSR count). The number of phenolic OH excluding ortho intramolecular Hbond substituents is 1. The van der Waals surface area contributed by atoms with Gasteiger partial charge in [-0.15, -0.1) is 0 Å². The zero-order valence-electron chi connectivity index (χ0n) is 13.3. The van der Waals surface area contributed by atoms with Crippen molar-refractivity contribution in [1.82, 2.24) is 5.32 Å². The maximum Gasteiger partial charge on any atom is 0.289 e. The molecule has 0 radical (unpaired) electrons. The molecule has 0 unspecified atom stereocenters. The van der Waals surface area contributed by atoms with E-state index in [9.17, 15) is 14.3 Å². The van der Waals surface area contributed by atoms with E-state index in [-0.39, 0.29) is 16.8 Å². The second-order valence-electron chi connectivity index (χ2n) is 5.12. The Morgan fingerprint density at radius 2 is 2.04 bits per heavy atom. The molecule has 7 heteroatoms. The van der Waals surface area contributed by atoms with Gasteiger partial charge in [-0.25, -0.2) is 9.38 Å². The molecule has 1 heterocycles. The van der Waals surface area contributed by atoms with Crippen LogP contribution >= 0.6 is 11.8 Å². The van der Waals surface area contributed by atoms with Gasteiger partial charge in [0.25, 0.3) is 5.24 Å². The van der Waals surface area contributed by atoms with E-state index in [1.165, 1.54) is 30.3 Å². The summed E-state index contributed by atoms with van der Waals surface area (Å²) >= 11 is 1.02. The highest BCUT2D eigenvalue weighted by Gasteiger charge is 2.23. The van der Waals surface area contributed by atoms with Gasteiger partial charge in [-0.2, -0.15) is 0 Å². The maximum atomic E-state index is 13.0. The quantitative estimate of drug-likeness (QED) is 0.847. The number of carbonyl (C=O) groups excluding carboxylic acids is 1. The number of hydrogen-bond donors (Lipinski definition) is 2. The Morgan fingerprint density at radius 1 is 1.28 bits per heavy atom. The number of carbonyl (C=O) groups is 1. The van der Waals surface area contributed by atoms with Crippen LogP contribution in [-0.2, 0) is 0 Å². The second-order valence-corrected chi connectivity index (χ2v) is 6.13. The zero-order chi connectivity index (χ0) is 17.8. The van der Waals surface area contributed by atoms with Crippen LogP contribution in [-0.4, -0.2) is 22.8 Å². The second kappa shape index (κ2) is 7.40. The summed E-state index contributed by atoms with van der Waals surface area (Å²) in [5, 5.41) is 12.2. The van der Waals surface area contributed by atoms with Crippen LogP contribution in [0.5, 0.6) is 11.5 Å². The third-order valence-electron chi connectivity index (χ3n) is 3.31. The Bertz CT molecular complexity index is 863. The third-order valence-corrected chi connectivity index (χ3v) is 4.12. The van der Waals surface area contributed by atoms with Gasteiger partial charge in [-0.3, -0.25) is 4.79 Å². The first-order valence-corrected chi connectivity index (χ1v) is 8.38. The smallest absolute Gasteiger partial charge is 0.289 e. The molecule has 0 bridgehead atoms. The van der Waals surface area contributed by atoms with Crippen LogP contribution in [0.25, 0.3) is 6.08 Å². The van der Waals surface area contributed by atoms with Crippen molar-refractivity contribution in [2.45, 2.75) is 6.92 Å². The van der Waals surface area contributed by atoms with Gasteiger partial charge in [0.1, 0.15) is 11.7 Å². The predicted molar refractivity (Wildman–Crippen MR) is 96.9 cm³/mol. The zero-order valence-corrected chi connectivity index (χ0v) is 14.1. The minimum atomic E-state index is -0.350. The molecule has 0 atom stereocenters. The van der Waals surface area contributed by atoms with Gasteiger partial charge in [0.05, 0.1) is 17.2 Å². The minimum absolute atomic E-state index is 0.0532. The topological polar surface area (TPSA) is 70.9 Å². The monoisotopic (exact) mass is 358 g/mol. The van der Waals surface area contributed by atoms with Crippen molar-refractivity contribution in [2.75, 3.05) is 6.61 Å². The number of nitrogens with one attached hydrogen (secondary N) is 1. The van der Waals surface area contributed by atoms with Gasteiger partial charge in [0, 0.05) is 0 Å². The number of thioether (sulfide) groups is 1. The van der Waals surface area contributed by atoms with Crippen molar-refractivity contribution in [1.29, 1.82) is 0 Å². The highest BCUT2D eigenvalue weighted by molar-refractivity contribution is 8.18. The Kier molecular flexibility index (Phi) is 5.04. The van der Waals surface area contributed by atoms with Crippen molar-refractivity contribution in [2.24, 2.45) is 4.99 Å². The molecule has 25 heavy (non-hydrogen) atoms. The lowest BCUT2D eigenvalue weighted by Crippen LogP contribution is -2.18. The number of aliphatic imine (C=N–C) groups is 1. The molecule has 2 aromatic rings. The fourth-order valence-corrected chi connectivity index (χ4v) is 2.94. The summed E-state index contributed by atoms with van der Waals surface area (Å²) < 4.78 is 18.4. The van der Waals surface area contributed by atoms with Gasteiger partial charge in [-0.05, 0) is 66.7 Å². The summed E-state index contributed by atoms with van der Waals surface area (Å²) in [5.41, 5.74) is 1.29. The lowest BCUT2D eigenvalue weighted by molar-refractivity contribution is 0.265. The highest BCUT2D eigenvalue weighted by Crippen LogP contribution is 2.32. The van der Waals surface area contributed by atoms with Crippen molar-refractivity contribution < 1.29 is 19.0 Å². The summed E-state index contributed by atoms with van der Waals surface area (Å²) in [6.07, 6.45) is 1.77. The number of benzene rings is 2. The largest absolute Gasteiger partial charge is 0.504 e. The number of amides is 1. The third kappa shape index (κ3) is 4.19. The van der Waals surface area contributed by atoms with Crippen LogP contribution in [0, 0.1) is 5.82 Å². The molecule has 2 N–H and O–H groups in total. The first-order chi connectivity index (χ1) is 12.0. The van der Waals surface area contributed by atoms with Crippen LogP contribution < -0.4 is 10.1 Å². The standard InChI is InChI=1S/C18H15FN2O3S/c1-2-24-15-9-11(3-8-14(15)22)10-16-17(21-18(23)25-16)20-13-6-4-12(19)5-7-13/h3-10,22H,2H2,1H3,(H,20,21,23)/b16-10-. The van der Waals surface area contributed by atoms with Crippen molar-refractivity contribution >= 4 is 34.6 Å². The Hall–Kier alpha value is -2.80.